The zero-order valence-corrected chi connectivity index (χ0v) is 10.00. The summed E-state index contributed by atoms with van der Waals surface area (Å²) in [5, 5.41) is 0. The Hall–Kier alpha value is -1.33. The van der Waals surface area contributed by atoms with Crippen LogP contribution in [-0.4, -0.2) is 37.3 Å². The number of rotatable bonds is 1. The highest BCUT2D eigenvalue weighted by atomic mass is 16.7. The fraction of sp³-hybridized carbons (Fsp3) is 0.417. The van der Waals surface area contributed by atoms with Crippen LogP contribution in [0.3, 0.4) is 0 Å². The molecule has 2 saturated heterocycles. The van der Waals surface area contributed by atoms with Crippen molar-refractivity contribution >= 4 is 13.2 Å². The fourth-order valence-corrected chi connectivity index (χ4v) is 2.67. The van der Waals surface area contributed by atoms with Gasteiger partial charge in [-0.15, -0.1) is 0 Å². The van der Waals surface area contributed by atoms with E-state index < -0.39 is 7.25 Å². The van der Waals surface area contributed by atoms with Gasteiger partial charge in [-0.3, -0.25) is 0 Å². The predicted octanol–water partition coefficient (Wildman–Crippen LogP) is 1.13. The van der Waals surface area contributed by atoms with Gasteiger partial charge in [0.1, 0.15) is 12.1 Å². The third kappa shape index (κ3) is 1.50. The Balaban J connectivity index is 1.91. The molecule has 0 spiro atoms. The first-order valence-electron chi connectivity index (χ1n) is 5.86. The van der Waals surface area contributed by atoms with Gasteiger partial charge in [0.25, 0.3) is 0 Å². The van der Waals surface area contributed by atoms with E-state index in [2.05, 4.69) is 19.1 Å². The van der Waals surface area contributed by atoms with Crippen LogP contribution in [0.1, 0.15) is 18.6 Å². The van der Waals surface area contributed by atoms with Crippen LogP contribution >= 0.6 is 0 Å². The number of nitrogens with zero attached hydrogens (tertiary/aromatic N) is 1. The maximum absolute atomic E-state index is 11.3. The Kier molecular flexibility index (Phi) is 2.28. The maximum Gasteiger partial charge on any atom is 0.834 e. The molecular weight excluding hydrogens is 217 g/mol. The second kappa shape index (κ2) is 3.58. The van der Waals surface area contributed by atoms with Gasteiger partial charge in [0, 0.05) is 0 Å². The third-order valence-electron chi connectivity index (χ3n) is 3.94. The van der Waals surface area contributed by atoms with Gasteiger partial charge < -0.3 is 13.7 Å². The number of carbonyl (C=O) groups is 1. The van der Waals surface area contributed by atoms with E-state index in [0.29, 0.717) is 10.9 Å². The van der Waals surface area contributed by atoms with Crippen molar-refractivity contribution in [2.24, 2.45) is 0 Å². The molecule has 1 aromatic rings. The third-order valence-corrected chi connectivity index (χ3v) is 3.94. The Labute approximate surface area is 101 Å². The van der Waals surface area contributed by atoms with Gasteiger partial charge in [0.05, 0.1) is 7.05 Å². The van der Waals surface area contributed by atoms with Crippen LogP contribution in [0.4, 0.5) is 0 Å². The maximum atomic E-state index is 11.3. The zero-order valence-electron chi connectivity index (χ0n) is 10.00. The van der Waals surface area contributed by atoms with Gasteiger partial charge in [0.15, 0.2) is 6.54 Å². The van der Waals surface area contributed by atoms with Crippen molar-refractivity contribution in [3.05, 3.63) is 35.9 Å². The van der Waals surface area contributed by atoms with Crippen molar-refractivity contribution in [2.45, 2.75) is 19.1 Å². The number of carbonyl (C=O) groups excluding carboxylic acids is 1. The van der Waals surface area contributed by atoms with Gasteiger partial charge >= 0.3 is 13.2 Å². The minimum Gasteiger partial charge on any atom is -0.450 e. The van der Waals surface area contributed by atoms with Crippen LogP contribution in [0.5, 0.6) is 0 Å². The molecule has 17 heavy (non-hydrogen) atoms. The SMILES string of the molecule is C[C@H]1[C@@H](c2ccccc2)OB2OC(=O)C[N@@+]21C. The summed E-state index contributed by atoms with van der Waals surface area (Å²) in [6.07, 6.45) is -0.000648. The van der Waals surface area contributed by atoms with Gasteiger partial charge in [-0.2, -0.15) is 0 Å². The first-order chi connectivity index (χ1) is 8.11. The lowest BCUT2D eigenvalue weighted by Gasteiger charge is -2.29. The standard InChI is InChI=1S/C12H15BNO3/c1-9-12(10-6-4-3-5-7-10)17-13-14(9,2)8-11(15)16-13/h3-7,9,12H,8H2,1-2H3/q+1/t9-,12-,14+/m0/s1. The summed E-state index contributed by atoms with van der Waals surface area (Å²) < 4.78 is 11.6. The molecule has 0 saturated carbocycles. The molecule has 2 aliphatic heterocycles. The molecule has 0 amide bonds. The molecule has 2 aliphatic rings. The van der Waals surface area contributed by atoms with Gasteiger partial charge in [-0.05, 0) is 12.5 Å². The second-order valence-corrected chi connectivity index (χ2v) is 5.01. The van der Waals surface area contributed by atoms with Crippen LogP contribution in [-0.2, 0) is 14.1 Å². The molecule has 3 rings (SSSR count). The van der Waals surface area contributed by atoms with E-state index in [1.54, 1.807) is 0 Å². The molecule has 4 nitrogen and oxygen atoms in total. The molecule has 0 radical (unpaired) electrons. The molecule has 1 aromatic carbocycles. The van der Waals surface area contributed by atoms with Crippen molar-refractivity contribution in [3.63, 3.8) is 0 Å². The Morgan fingerprint density at radius 2 is 2.06 bits per heavy atom. The van der Waals surface area contributed by atoms with Crippen molar-refractivity contribution in [3.8, 4) is 0 Å². The number of fused-ring (bicyclic) bond motifs is 1. The van der Waals surface area contributed by atoms with Crippen LogP contribution in [0.25, 0.3) is 0 Å². The summed E-state index contributed by atoms with van der Waals surface area (Å²) in [6.45, 7) is 2.51. The highest BCUT2D eigenvalue weighted by Gasteiger charge is 2.67. The van der Waals surface area contributed by atoms with Crippen molar-refractivity contribution < 1.29 is 18.5 Å². The van der Waals surface area contributed by atoms with E-state index in [4.69, 9.17) is 9.31 Å². The molecule has 2 fully saturated rings. The van der Waals surface area contributed by atoms with Crippen LogP contribution in [0.2, 0.25) is 0 Å². The normalized spacial score (nSPS) is 35.9. The first-order valence-corrected chi connectivity index (χ1v) is 5.86. The lowest BCUT2D eigenvalue weighted by Crippen LogP contribution is -2.52. The quantitative estimate of drug-likeness (QED) is 0.681. The number of quaternary nitrogens is 1. The molecule has 5 heteroatoms. The monoisotopic (exact) mass is 232 g/mol. The highest BCUT2D eigenvalue weighted by Crippen LogP contribution is 2.40. The molecule has 2 heterocycles. The zero-order chi connectivity index (χ0) is 12.0. The summed E-state index contributed by atoms with van der Waals surface area (Å²) in [7, 11) is 1.58. The Morgan fingerprint density at radius 3 is 2.71 bits per heavy atom. The van der Waals surface area contributed by atoms with E-state index in [1.165, 1.54) is 0 Å². The largest absolute Gasteiger partial charge is 0.834 e. The Bertz CT molecular complexity index is 452. The molecule has 0 N–H and O–H groups in total. The van der Waals surface area contributed by atoms with E-state index in [9.17, 15) is 4.79 Å². The first kappa shape index (κ1) is 10.8. The number of likely N-dealkylation sites (N-methyl/N-ethyl adjacent to an activating group) is 1. The molecule has 88 valence electrons. The van der Waals surface area contributed by atoms with Crippen molar-refractivity contribution in [1.29, 1.82) is 0 Å². The van der Waals surface area contributed by atoms with Crippen LogP contribution in [0.15, 0.2) is 30.3 Å². The summed E-state index contributed by atoms with van der Waals surface area (Å²) in [6, 6.07) is 10.3. The van der Waals surface area contributed by atoms with E-state index >= 15 is 0 Å². The molecular formula is C12H15BNO3+. The number of benzene rings is 1. The van der Waals surface area contributed by atoms with E-state index in [0.717, 1.165) is 5.56 Å². The smallest absolute Gasteiger partial charge is 0.450 e. The molecule has 0 unspecified atom stereocenters. The van der Waals surface area contributed by atoms with Gasteiger partial charge in [-0.1, -0.05) is 30.3 Å². The lowest BCUT2D eigenvalue weighted by molar-refractivity contribution is -0.816. The van der Waals surface area contributed by atoms with Crippen molar-refractivity contribution in [1.82, 2.24) is 0 Å². The lowest BCUT2D eigenvalue weighted by atomic mass is 9.98. The molecule has 0 aliphatic carbocycles. The topological polar surface area (TPSA) is 35.5 Å². The molecule has 0 aromatic heterocycles. The highest BCUT2D eigenvalue weighted by molar-refractivity contribution is 6.41. The van der Waals surface area contributed by atoms with Gasteiger partial charge in [0.2, 0.25) is 0 Å². The van der Waals surface area contributed by atoms with Crippen LogP contribution in [0, 0.1) is 0 Å². The summed E-state index contributed by atoms with van der Waals surface area (Å²) in [5.41, 5.74) is 1.14. The second-order valence-electron chi connectivity index (χ2n) is 5.01. The Morgan fingerprint density at radius 1 is 1.35 bits per heavy atom. The molecule has 3 atom stereocenters. The fourth-order valence-electron chi connectivity index (χ4n) is 2.67. The van der Waals surface area contributed by atoms with Crippen LogP contribution < -0.4 is 0 Å². The number of hydrogen-bond acceptors (Lipinski definition) is 3. The predicted molar refractivity (Wildman–Crippen MR) is 62.6 cm³/mol. The number of hydrogen-bond donors (Lipinski definition) is 0. The minimum absolute atomic E-state index is 0.000648. The average Bonchev–Trinajstić information content (AvgIpc) is 2.73. The summed E-state index contributed by atoms with van der Waals surface area (Å²) in [5.74, 6) is -0.170. The van der Waals surface area contributed by atoms with Gasteiger partial charge in [-0.25, -0.2) is 4.79 Å². The van der Waals surface area contributed by atoms with E-state index in [-0.39, 0.29) is 18.1 Å². The minimum atomic E-state index is -0.442. The average molecular weight is 232 g/mol. The molecule has 0 bridgehead atoms. The summed E-state index contributed by atoms with van der Waals surface area (Å²) in [4.78, 5) is 11.3. The van der Waals surface area contributed by atoms with Crippen molar-refractivity contribution in [2.75, 3.05) is 13.6 Å². The van der Waals surface area contributed by atoms with E-state index in [1.807, 2.05) is 25.2 Å². The summed E-state index contributed by atoms with van der Waals surface area (Å²) >= 11 is 0.